The second-order valence-corrected chi connectivity index (χ2v) is 5.17. The zero-order chi connectivity index (χ0) is 12.3. The highest BCUT2D eigenvalue weighted by Gasteiger charge is 2.26. The highest BCUT2D eigenvalue weighted by atomic mass is 16.3. The highest BCUT2D eigenvalue weighted by molar-refractivity contribution is 5.78. The fourth-order valence-corrected chi connectivity index (χ4v) is 1.85. The van der Waals surface area contributed by atoms with E-state index in [0.717, 1.165) is 13.0 Å². The molecule has 1 amide bonds. The maximum Gasteiger partial charge on any atom is 0.236 e. The minimum Gasteiger partial charge on any atom is -0.392 e. The molecule has 0 saturated carbocycles. The van der Waals surface area contributed by atoms with Gasteiger partial charge in [-0.25, -0.2) is 0 Å². The van der Waals surface area contributed by atoms with E-state index in [9.17, 15) is 9.90 Å². The minimum atomic E-state index is -0.286. The molecule has 0 radical (unpaired) electrons. The van der Waals surface area contributed by atoms with Crippen molar-refractivity contribution in [2.24, 2.45) is 5.92 Å². The number of likely N-dealkylation sites (tertiary alicyclic amines) is 1. The Balaban J connectivity index is 2.40. The summed E-state index contributed by atoms with van der Waals surface area (Å²) < 4.78 is 0. The van der Waals surface area contributed by atoms with E-state index in [2.05, 4.69) is 6.92 Å². The molecule has 1 saturated heterocycles. The lowest BCUT2D eigenvalue weighted by Crippen LogP contribution is -2.48. The minimum absolute atomic E-state index is 0.136. The number of amides is 1. The third-order valence-corrected chi connectivity index (χ3v) is 3.53. The van der Waals surface area contributed by atoms with Crippen LogP contribution in [0.25, 0.3) is 0 Å². The van der Waals surface area contributed by atoms with Crippen LogP contribution in [0.15, 0.2) is 0 Å². The molecule has 1 rings (SSSR count). The summed E-state index contributed by atoms with van der Waals surface area (Å²) in [4.78, 5) is 15.6. The van der Waals surface area contributed by atoms with Crippen molar-refractivity contribution in [3.8, 4) is 0 Å². The van der Waals surface area contributed by atoms with Gasteiger partial charge >= 0.3 is 0 Å². The molecule has 16 heavy (non-hydrogen) atoms. The van der Waals surface area contributed by atoms with Crippen LogP contribution in [-0.2, 0) is 4.79 Å². The summed E-state index contributed by atoms with van der Waals surface area (Å²) in [6.07, 6.45) is 0.686. The van der Waals surface area contributed by atoms with Gasteiger partial charge in [0.15, 0.2) is 0 Å². The molecule has 1 aliphatic heterocycles. The second-order valence-electron chi connectivity index (χ2n) is 5.17. The number of hydrogen-bond donors (Lipinski definition) is 1. The van der Waals surface area contributed by atoms with Crippen LogP contribution in [0.4, 0.5) is 0 Å². The third-order valence-electron chi connectivity index (χ3n) is 3.53. The number of aliphatic hydroxyl groups is 1. The van der Waals surface area contributed by atoms with E-state index in [1.54, 1.807) is 4.90 Å². The maximum atomic E-state index is 11.8. The molecule has 1 aliphatic rings. The van der Waals surface area contributed by atoms with E-state index in [-0.39, 0.29) is 18.1 Å². The molecule has 4 heteroatoms. The molecule has 0 aliphatic carbocycles. The van der Waals surface area contributed by atoms with Crippen LogP contribution in [0.3, 0.4) is 0 Å². The molecule has 0 aromatic carbocycles. The summed E-state index contributed by atoms with van der Waals surface area (Å²) in [7, 11) is 1.83. The normalized spacial score (nSPS) is 27.1. The van der Waals surface area contributed by atoms with E-state index in [1.807, 2.05) is 25.8 Å². The summed E-state index contributed by atoms with van der Waals surface area (Å²) in [5.41, 5.74) is 0. The zero-order valence-corrected chi connectivity index (χ0v) is 10.8. The number of hydrogen-bond acceptors (Lipinski definition) is 3. The topological polar surface area (TPSA) is 43.8 Å². The molecule has 2 unspecified atom stereocenters. The van der Waals surface area contributed by atoms with Crippen LogP contribution in [0.1, 0.15) is 27.2 Å². The number of nitrogens with zero attached hydrogens (tertiary/aromatic N) is 2. The lowest BCUT2D eigenvalue weighted by Gasteiger charge is -2.35. The Morgan fingerprint density at radius 1 is 1.56 bits per heavy atom. The number of piperidine rings is 1. The summed E-state index contributed by atoms with van der Waals surface area (Å²) >= 11 is 0. The molecule has 1 fully saturated rings. The molecular weight excluding hydrogens is 204 g/mol. The van der Waals surface area contributed by atoms with Gasteiger partial charge in [0.1, 0.15) is 0 Å². The Hall–Kier alpha value is -0.610. The van der Waals surface area contributed by atoms with Gasteiger partial charge in [0.25, 0.3) is 0 Å². The smallest absolute Gasteiger partial charge is 0.236 e. The van der Waals surface area contributed by atoms with Crippen LogP contribution in [-0.4, -0.2) is 59.6 Å². The summed E-state index contributed by atoms with van der Waals surface area (Å²) in [5.74, 6) is 0.492. The number of aliphatic hydroxyl groups excluding tert-OH is 1. The largest absolute Gasteiger partial charge is 0.392 e. The average molecular weight is 228 g/mol. The van der Waals surface area contributed by atoms with E-state index in [1.165, 1.54) is 0 Å². The fraction of sp³-hybridized carbons (Fsp3) is 0.917. The second kappa shape index (κ2) is 5.64. The van der Waals surface area contributed by atoms with Crippen LogP contribution in [0.2, 0.25) is 0 Å². The zero-order valence-electron chi connectivity index (χ0n) is 10.8. The van der Waals surface area contributed by atoms with Gasteiger partial charge in [-0.3, -0.25) is 9.69 Å². The highest BCUT2D eigenvalue weighted by Crippen LogP contribution is 2.16. The first kappa shape index (κ1) is 13.5. The Morgan fingerprint density at radius 2 is 2.19 bits per heavy atom. The Labute approximate surface area is 98.2 Å². The number of carbonyl (C=O) groups excluding carboxylic acids is 1. The third kappa shape index (κ3) is 3.46. The predicted octanol–water partition coefficient (Wildman–Crippen LogP) is 0.556. The van der Waals surface area contributed by atoms with Crippen LogP contribution in [0.5, 0.6) is 0 Å². The fourth-order valence-electron chi connectivity index (χ4n) is 1.85. The van der Waals surface area contributed by atoms with Gasteiger partial charge in [-0.15, -0.1) is 0 Å². The van der Waals surface area contributed by atoms with Gasteiger partial charge in [0, 0.05) is 19.6 Å². The summed E-state index contributed by atoms with van der Waals surface area (Å²) in [6, 6.07) is 0.237. The van der Waals surface area contributed by atoms with Crippen molar-refractivity contribution < 1.29 is 9.90 Å². The standard InChI is InChI=1S/C12H24N2O2/c1-9(2)13(4)12(16)8-14-6-5-10(3)11(15)7-14/h9-11,15H,5-8H2,1-4H3. The number of β-amino-alcohol motifs (C(OH)–C–C–N with tert-alkyl or cyclic N) is 1. The van der Waals surface area contributed by atoms with Crippen molar-refractivity contribution in [1.82, 2.24) is 9.80 Å². The lowest BCUT2D eigenvalue weighted by atomic mass is 9.96. The van der Waals surface area contributed by atoms with Gasteiger partial charge in [-0.2, -0.15) is 0 Å². The molecule has 0 spiro atoms. The number of likely N-dealkylation sites (N-methyl/N-ethyl adjacent to an activating group) is 1. The summed E-state index contributed by atoms with van der Waals surface area (Å²) in [5, 5.41) is 9.74. The molecule has 2 atom stereocenters. The Morgan fingerprint density at radius 3 is 2.69 bits per heavy atom. The molecule has 1 heterocycles. The van der Waals surface area contributed by atoms with Crippen molar-refractivity contribution in [1.29, 1.82) is 0 Å². The SMILES string of the molecule is CC1CCN(CC(=O)N(C)C(C)C)CC1O. The molecule has 0 aromatic rings. The first-order valence-corrected chi connectivity index (χ1v) is 6.08. The monoisotopic (exact) mass is 228 g/mol. The van der Waals surface area contributed by atoms with Crippen LogP contribution in [0, 0.1) is 5.92 Å². The average Bonchev–Trinajstić information content (AvgIpc) is 2.22. The Bertz CT molecular complexity index is 243. The molecule has 4 nitrogen and oxygen atoms in total. The van der Waals surface area contributed by atoms with E-state index < -0.39 is 0 Å². The number of carbonyl (C=O) groups is 1. The number of rotatable bonds is 3. The van der Waals surface area contributed by atoms with E-state index >= 15 is 0 Å². The van der Waals surface area contributed by atoms with Crippen molar-refractivity contribution >= 4 is 5.91 Å². The molecule has 94 valence electrons. The van der Waals surface area contributed by atoms with Gasteiger partial charge in [-0.1, -0.05) is 6.92 Å². The van der Waals surface area contributed by atoms with Crippen LogP contribution >= 0.6 is 0 Å². The Kier molecular flexibility index (Phi) is 4.74. The van der Waals surface area contributed by atoms with Gasteiger partial charge in [0.05, 0.1) is 12.6 Å². The van der Waals surface area contributed by atoms with Crippen LogP contribution < -0.4 is 0 Å². The first-order valence-electron chi connectivity index (χ1n) is 6.08. The van der Waals surface area contributed by atoms with E-state index in [0.29, 0.717) is 19.0 Å². The first-order chi connectivity index (χ1) is 7.41. The van der Waals surface area contributed by atoms with Crippen molar-refractivity contribution in [3.05, 3.63) is 0 Å². The quantitative estimate of drug-likeness (QED) is 0.767. The van der Waals surface area contributed by atoms with Crippen molar-refractivity contribution in [3.63, 3.8) is 0 Å². The molecular formula is C12H24N2O2. The molecule has 0 aromatic heterocycles. The summed E-state index contributed by atoms with van der Waals surface area (Å²) in [6.45, 7) is 8.04. The maximum absolute atomic E-state index is 11.8. The van der Waals surface area contributed by atoms with Crippen molar-refractivity contribution in [2.75, 3.05) is 26.7 Å². The van der Waals surface area contributed by atoms with Gasteiger partial charge in [0.2, 0.25) is 5.91 Å². The molecule has 0 bridgehead atoms. The lowest BCUT2D eigenvalue weighted by molar-refractivity contribution is -0.133. The van der Waals surface area contributed by atoms with E-state index in [4.69, 9.17) is 0 Å². The van der Waals surface area contributed by atoms with Gasteiger partial charge < -0.3 is 10.0 Å². The molecule has 1 N–H and O–H groups in total. The van der Waals surface area contributed by atoms with Gasteiger partial charge in [-0.05, 0) is 32.7 Å². The van der Waals surface area contributed by atoms with Crippen molar-refractivity contribution in [2.45, 2.75) is 39.3 Å². The predicted molar refractivity (Wildman–Crippen MR) is 64.1 cm³/mol.